The van der Waals surface area contributed by atoms with Crippen molar-refractivity contribution in [1.82, 2.24) is 14.5 Å². The molecule has 8 nitrogen and oxygen atoms in total. The van der Waals surface area contributed by atoms with Gasteiger partial charge in [-0.15, -0.1) is 0 Å². The zero-order valence-electron chi connectivity index (χ0n) is 17.8. The summed E-state index contributed by atoms with van der Waals surface area (Å²) in [4.78, 5) is 23.5. The number of halogens is 4. The van der Waals surface area contributed by atoms with Gasteiger partial charge in [0, 0.05) is 37.2 Å². The summed E-state index contributed by atoms with van der Waals surface area (Å²) in [7, 11) is -3.78. The summed E-state index contributed by atoms with van der Waals surface area (Å²) in [6.07, 6.45) is -5.08. The maximum Gasteiger partial charge on any atom is 0.490 e. The number of hydrogen-bond acceptors (Lipinski definition) is 5. The highest BCUT2D eigenvalue weighted by Crippen LogP contribution is 2.20. The molecule has 1 fully saturated rings. The summed E-state index contributed by atoms with van der Waals surface area (Å²) < 4.78 is 60.2. The molecule has 2 N–H and O–H groups in total. The maximum atomic E-state index is 13.2. The number of carbonyl (C=O) groups is 2. The van der Waals surface area contributed by atoms with Gasteiger partial charge >= 0.3 is 12.1 Å². The lowest BCUT2D eigenvalue weighted by Gasteiger charge is -2.30. The number of benzene rings is 2. The Morgan fingerprint density at radius 3 is 2.06 bits per heavy atom. The summed E-state index contributed by atoms with van der Waals surface area (Å²) in [5.74, 6) is -2.93. The minimum Gasteiger partial charge on any atom is -0.475 e. The van der Waals surface area contributed by atoms with Gasteiger partial charge in [-0.3, -0.25) is 4.79 Å². The van der Waals surface area contributed by atoms with E-state index in [2.05, 4.69) is 21.2 Å². The Morgan fingerprint density at radius 2 is 1.56 bits per heavy atom. The van der Waals surface area contributed by atoms with E-state index in [9.17, 15) is 26.4 Å². The zero-order valence-corrected chi connectivity index (χ0v) is 20.2. The molecule has 0 radical (unpaired) electrons. The lowest BCUT2D eigenvalue weighted by molar-refractivity contribution is -0.192. The standard InChI is InChI=1S/C19H22BrN3O3S.C2HF3O2/c20-17-8-6-16(7-9-17)14-23(15-19(24)22-12-10-21-11-13-22)27(25,26)18-4-2-1-3-5-18;3-2(4,5)1(6)7/h1-9,21H,10-15H2;(H,6,7). The molecule has 2 aromatic carbocycles. The van der Waals surface area contributed by atoms with E-state index in [0.29, 0.717) is 13.1 Å². The number of carbonyl (C=O) groups excluding carboxylic acids is 1. The van der Waals surface area contributed by atoms with Gasteiger partial charge in [0.25, 0.3) is 0 Å². The fourth-order valence-corrected chi connectivity index (χ4v) is 4.59. The third-order valence-electron chi connectivity index (χ3n) is 4.68. The van der Waals surface area contributed by atoms with Crippen molar-refractivity contribution in [3.05, 3.63) is 64.6 Å². The molecule has 1 aliphatic rings. The average Bonchev–Trinajstić information content (AvgIpc) is 2.81. The van der Waals surface area contributed by atoms with E-state index in [4.69, 9.17) is 9.90 Å². The quantitative estimate of drug-likeness (QED) is 0.557. The monoisotopic (exact) mass is 565 g/mol. The summed E-state index contributed by atoms with van der Waals surface area (Å²) in [6.45, 7) is 2.61. The molecule has 0 aliphatic carbocycles. The second-order valence-electron chi connectivity index (χ2n) is 7.15. The molecule has 0 spiro atoms. The van der Waals surface area contributed by atoms with Crippen molar-refractivity contribution in [2.75, 3.05) is 32.7 Å². The predicted molar refractivity (Wildman–Crippen MR) is 121 cm³/mol. The first kappa shape index (κ1) is 27.8. The van der Waals surface area contributed by atoms with Crippen molar-refractivity contribution < 1.29 is 36.3 Å². The van der Waals surface area contributed by atoms with Gasteiger partial charge in [0.2, 0.25) is 15.9 Å². The van der Waals surface area contributed by atoms with Crippen molar-refractivity contribution in [2.45, 2.75) is 17.6 Å². The lowest BCUT2D eigenvalue weighted by atomic mass is 10.2. The van der Waals surface area contributed by atoms with Gasteiger partial charge in [-0.2, -0.15) is 17.5 Å². The van der Waals surface area contributed by atoms with Crippen molar-refractivity contribution in [2.24, 2.45) is 0 Å². The second kappa shape index (κ2) is 12.3. The molecular formula is C21H23BrF3N3O5S. The Bertz CT molecular complexity index is 1060. The zero-order chi connectivity index (χ0) is 25.4. The average molecular weight is 566 g/mol. The van der Waals surface area contributed by atoms with E-state index in [1.807, 2.05) is 24.3 Å². The summed E-state index contributed by atoms with van der Waals surface area (Å²) in [5.41, 5.74) is 0.825. The van der Waals surface area contributed by atoms with Crippen molar-refractivity contribution >= 4 is 37.8 Å². The second-order valence-corrected chi connectivity index (χ2v) is 10.00. The highest BCUT2D eigenvalue weighted by atomic mass is 79.9. The van der Waals surface area contributed by atoms with Crippen LogP contribution in [0.1, 0.15) is 5.56 Å². The molecule has 0 bridgehead atoms. The molecule has 0 unspecified atom stereocenters. The third-order valence-corrected chi connectivity index (χ3v) is 7.01. The molecular weight excluding hydrogens is 543 g/mol. The minimum atomic E-state index is -5.08. The summed E-state index contributed by atoms with van der Waals surface area (Å²) in [6, 6.07) is 15.7. The smallest absolute Gasteiger partial charge is 0.475 e. The van der Waals surface area contributed by atoms with Crippen LogP contribution in [0, 0.1) is 0 Å². The molecule has 1 saturated heterocycles. The Hall–Kier alpha value is -2.48. The lowest BCUT2D eigenvalue weighted by Crippen LogP contribution is -2.50. The fraction of sp³-hybridized carbons (Fsp3) is 0.333. The van der Waals surface area contributed by atoms with E-state index in [1.165, 1.54) is 4.31 Å². The van der Waals surface area contributed by atoms with E-state index >= 15 is 0 Å². The highest BCUT2D eigenvalue weighted by molar-refractivity contribution is 9.10. The first-order chi connectivity index (χ1) is 15.9. The highest BCUT2D eigenvalue weighted by Gasteiger charge is 2.38. The van der Waals surface area contributed by atoms with Crippen LogP contribution in [0.5, 0.6) is 0 Å². The number of nitrogens with zero attached hydrogens (tertiary/aromatic N) is 2. The van der Waals surface area contributed by atoms with E-state index < -0.39 is 22.2 Å². The first-order valence-electron chi connectivity index (χ1n) is 9.99. The largest absolute Gasteiger partial charge is 0.490 e. The number of sulfonamides is 1. The van der Waals surface area contributed by atoms with Crippen LogP contribution in [0.4, 0.5) is 13.2 Å². The maximum absolute atomic E-state index is 13.2. The SMILES string of the molecule is O=C(CN(Cc1ccc(Br)cc1)S(=O)(=O)c1ccccc1)N1CCNCC1.O=C(O)C(F)(F)F. The summed E-state index contributed by atoms with van der Waals surface area (Å²) >= 11 is 3.38. The van der Waals surface area contributed by atoms with Gasteiger partial charge in [0.15, 0.2) is 0 Å². The number of carboxylic acid groups (broad SMARTS) is 1. The number of nitrogens with one attached hydrogen (secondary N) is 1. The molecule has 34 heavy (non-hydrogen) atoms. The molecule has 186 valence electrons. The number of amides is 1. The van der Waals surface area contributed by atoms with Gasteiger partial charge in [-0.05, 0) is 29.8 Å². The van der Waals surface area contributed by atoms with Crippen LogP contribution >= 0.6 is 15.9 Å². The van der Waals surface area contributed by atoms with Crippen molar-refractivity contribution in [1.29, 1.82) is 0 Å². The van der Waals surface area contributed by atoms with Crippen molar-refractivity contribution in [3.63, 3.8) is 0 Å². The van der Waals surface area contributed by atoms with Crippen LogP contribution in [0.3, 0.4) is 0 Å². The number of carboxylic acids is 1. The van der Waals surface area contributed by atoms with E-state index in [1.54, 1.807) is 35.2 Å². The summed E-state index contributed by atoms with van der Waals surface area (Å²) in [5, 5.41) is 10.3. The van der Waals surface area contributed by atoms with E-state index in [0.717, 1.165) is 23.1 Å². The number of aliphatic carboxylic acids is 1. The normalized spacial score (nSPS) is 14.3. The van der Waals surface area contributed by atoms with Gasteiger partial charge < -0.3 is 15.3 Å². The van der Waals surface area contributed by atoms with Gasteiger partial charge in [0.05, 0.1) is 11.4 Å². The molecule has 0 saturated carbocycles. The Labute approximate surface area is 203 Å². The van der Waals surface area contributed by atoms with Gasteiger partial charge in [0.1, 0.15) is 0 Å². The Balaban J connectivity index is 0.000000509. The predicted octanol–water partition coefficient (Wildman–Crippen LogP) is 2.71. The number of piperazine rings is 1. The molecule has 13 heteroatoms. The van der Waals surface area contributed by atoms with Crippen LogP contribution in [0.15, 0.2) is 64.0 Å². The third kappa shape index (κ3) is 8.38. The molecule has 1 amide bonds. The molecule has 2 aromatic rings. The number of alkyl halides is 3. The van der Waals surface area contributed by atoms with Crippen LogP contribution in [-0.4, -0.2) is 73.5 Å². The molecule has 0 aromatic heterocycles. The van der Waals surface area contributed by atoms with Crippen LogP contribution in [-0.2, 0) is 26.2 Å². The fourth-order valence-electron chi connectivity index (χ4n) is 2.93. The Kier molecular flexibility index (Phi) is 10.0. The first-order valence-corrected chi connectivity index (χ1v) is 12.2. The number of hydrogen-bond donors (Lipinski definition) is 2. The van der Waals surface area contributed by atoms with Crippen LogP contribution in [0.25, 0.3) is 0 Å². The molecule has 3 rings (SSSR count). The van der Waals surface area contributed by atoms with Gasteiger partial charge in [-0.1, -0.05) is 46.3 Å². The van der Waals surface area contributed by atoms with Crippen molar-refractivity contribution in [3.8, 4) is 0 Å². The molecule has 0 atom stereocenters. The van der Waals surface area contributed by atoms with Crippen LogP contribution in [0.2, 0.25) is 0 Å². The topological polar surface area (TPSA) is 107 Å². The molecule has 1 heterocycles. The molecule has 1 aliphatic heterocycles. The van der Waals surface area contributed by atoms with E-state index in [-0.39, 0.29) is 23.9 Å². The minimum absolute atomic E-state index is 0.141. The van der Waals surface area contributed by atoms with Gasteiger partial charge in [-0.25, -0.2) is 13.2 Å². The Morgan fingerprint density at radius 1 is 1.03 bits per heavy atom. The number of rotatable bonds is 6. The van der Waals surface area contributed by atoms with Crippen LogP contribution < -0.4 is 5.32 Å².